The number of carbonyl (C=O) groups excluding carboxylic acids is 2. The molecule has 1 fully saturated rings. The number of methoxy groups -OCH3 is 1. The first-order valence-electron chi connectivity index (χ1n) is 4.85. The number of hydrogen-bond acceptors (Lipinski definition) is 3. The van der Waals surface area contributed by atoms with Crippen molar-refractivity contribution in [2.45, 2.75) is 18.9 Å². The van der Waals surface area contributed by atoms with Crippen LogP contribution in [0.5, 0.6) is 0 Å². The molecule has 0 aromatic heterocycles. The summed E-state index contributed by atoms with van der Waals surface area (Å²) in [6.45, 7) is 1.18. The zero-order valence-corrected chi connectivity index (χ0v) is 9.42. The largest absolute Gasteiger partial charge is 0.380 e. The van der Waals surface area contributed by atoms with E-state index in [9.17, 15) is 9.59 Å². The number of likely N-dealkylation sites (tertiary alicyclic amines) is 1. The van der Waals surface area contributed by atoms with Gasteiger partial charge < -0.3 is 9.64 Å². The molecule has 1 N–H and O–H groups in total. The summed E-state index contributed by atoms with van der Waals surface area (Å²) in [5.41, 5.74) is 0. The minimum atomic E-state index is -0.471. The van der Waals surface area contributed by atoms with Gasteiger partial charge in [0.25, 0.3) is 0 Å². The van der Waals surface area contributed by atoms with Crippen LogP contribution < -0.4 is 5.32 Å². The van der Waals surface area contributed by atoms with Crippen LogP contribution in [0.1, 0.15) is 12.8 Å². The van der Waals surface area contributed by atoms with Gasteiger partial charge in [0.2, 0.25) is 5.91 Å². The highest BCUT2D eigenvalue weighted by Gasteiger charge is 2.24. The summed E-state index contributed by atoms with van der Waals surface area (Å²) < 4.78 is 5.17. The lowest BCUT2D eigenvalue weighted by Gasteiger charge is -2.31. The number of ether oxygens (including phenoxy) is 1. The lowest BCUT2D eigenvalue weighted by atomic mass is 10.1. The summed E-state index contributed by atoms with van der Waals surface area (Å²) in [6, 6.07) is -0.387. The molecular formula is C9H15ClN2O3. The van der Waals surface area contributed by atoms with Crippen LogP contribution in [0.3, 0.4) is 0 Å². The number of nitrogens with one attached hydrogen (secondary N) is 1. The summed E-state index contributed by atoms with van der Waals surface area (Å²) in [7, 11) is 1.62. The predicted molar refractivity (Wildman–Crippen MR) is 55.9 cm³/mol. The lowest BCUT2D eigenvalue weighted by Crippen LogP contribution is -2.49. The van der Waals surface area contributed by atoms with E-state index in [0.717, 1.165) is 12.8 Å². The van der Waals surface area contributed by atoms with Crippen molar-refractivity contribution in [3.8, 4) is 0 Å². The minimum Gasteiger partial charge on any atom is -0.380 e. The molecule has 3 amide bonds. The van der Waals surface area contributed by atoms with Gasteiger partial charge in [-0.3, -0.25) is 10.1 Å². The number of hydrogen-bond donors (Lipinski definition) is 1. The van der Waals surface area contributed by atoms with E-state index in [2.05, 4.69) is 5.32 Å². The molecule has 0 aliphatic carbocycles. The van der Waals surface area contributed by atoms with Gasteiger partial charge in [-0.25, -0.2) is 4.79 Å². The van der Waals surface area contributed by atoms with E-state index in [-0.39, 0.29) is 18.0 Å². The zero-order chi connectivity index (χ0) is 11.3. The number of imide groups is 1. The van der Waals surface area contributed by atoms with E-state index in [0.29, 0.717) is 13.1 Å². The van der Waals surface area contributed by atoms with Gasteiger partial charge in [0.15, 0.2) is 0 Å². The van der Waals surface area contributed by atoms with Crippen molar-refractivity contribution in [1.82, 2.24) is 10.2 Å². The maximum absolute atomic E-state index is 11.5. The van der Waals surface area contributed by atoms with Crippen LogP contribution in [0, 0.1) is 0 Å². The Labute approximate surface area is 93.7 Å². The fraction of sp³-hybridized carbons (Fsp3) is 0.778. The van der Waals surface area contributed by atoms with E-state index in [1.165, 1.54) is 0 Å². The molecule has 5 nitrogen and oxygen atoms in total. The van der Waals surface area contributed by atoms with E-state index in [1.807, 2.05) is 0 Å². The molecule has 0 bridgehead atoms. The van der Waals surface area contributed by atoms with Gasteiger partial charge in [-0.1, -0.05) is 0 Å². The van der Waals surface area contributed by atoms with Gasteiger partial charge >= 0.3 is 6.03 Å². The van der Waals surface area contributed by atoms with Crippen LogP contribution >= 0.6 is 11.6 Å². The normalized spacial score (nSPS) is 21.2. The first-order valence-corrected chi connectivity index (χ1v) is 5.38. The third-order valence-corrected chi connectivity index (χ3v) is 2.61. The topological polar surface area (TPSA) is 58.6 Å². The van der Waals surface area contributed by atoms with Crippen LogP contribution in [0.2, 0.25) is 0 Å². The van der Waals surface area contributed by atoms with Crippen molar-refractivity contribution in [3.63, 3.8) is 0 Å². The van der Waals surface area contributed by atoms with Crippen molar-refractivity contribution in [3.05, 3.63) is 0 Å². The van der Waals surface area contributed by atoms with Crippen LogP contribution in [-0.4, -0.2) is 49.0 Å². The molecule has 0 aromatic carbocycles. The molecule has 15 heavy (non-hydrogen) atoms. The summed E-state index contributed by atoms with van der Waals surface area (Å²) in [6.07, 6.45) is 1.90. The molecule has 1 atom stereocenters. The van der Waals surface area contributed by atoms with E-state index in [1.54, 1.807) is 12.0 Å². The maximum Gasteiger partial charge on any atom is 0.324 e. The van der Waals surface area contributed by atoms with Crippen molar-refractivity contribution in [1.29, 1.82) is 0 Å². The average Bonchev–Trinajstić information content (AvgIpc) is 2.28. The molecule has 0 radical (unpaired) electrons. The van der Waals surface area contributed by atoms with Gasteiger partial charge in [0.1, 0.15) is 5.88 Å². The number of alkyl halides is 1. The fourth-order valence-corrected chi connectivity index (χ4v) is 1.61. The predicted octanol–water partition coefficient (Wildman–Crippen LogP) is 0.572. The van der Waals surface area contributed by atoms with Crippen LogP contribution in [0.25, 0.3) is 0 Å². The van der Waals surface area contributed by atoms with Gasteiger partial charge in [-0.05, 0) is 12.8 Å². The smallest absolute Gasteiger partial charge is 0.324 e. The summed E-state index contributed by atoms with van der Waals surface area (Å²) >= 11 is 5.28. The third kappa shape index (κ3) is 3.68. The monoisotopic (exact) mass is 234 g/mol. The van der Waals surface area contributed by atoms with E-state index < -0.39 is 5.91 Å². The van der Waals surface area contributed by atoms with Crippen LogP contribution in [-0.2, 0) is 9.53 Å². The molecule has 1 aliphatic rings. The summed E-state index contributed by atoms with van der Waals surface area (Å²) in [5.74, 6) is -0.672. The highest BCUT2D eigenvalue weighted by Crippen LogP contribution is 2.12. The highest BCUT2D eigenvalue weighted by molar-refractivity contribution is 6.28. The first kappa shape index (κ1) is 12.3. The van der Waals surface area contributed by atoms with E-state index in [4.69, 9.17) is 16.3 Å². The van der Waals surface area contributed by atoms with Gasteiger partial charge in [-0.15, -0.1) is 11.6 Å². The standard InChI is InChI=1S/C9H15ClN2O3/c1-15-7-3-2-4-12(6-7)9(14)11-8(13)5-10/h7H,2-6H2,1H3,(H,11,13,14). The number of amides is 3. The Bertz CT molecular complexity index is 248. The van der Waals surface area contributed by atoms with Gasteiger partial charge in [0, 0.05) is 20.2 Å². The quantitative estimate of drug-likeness (QED) is 0.711. The third-order valence-electron chi connectivity index (χ3n) is 2.37. The van der Waals surface area contributed by atoms with Crippen molar-refractivity contribution >= 4 is 23.5 Å². The second kappa shape index (κ2) is 5.92. The van der Waals surface area contributed by atoms with Crippen molar-refractivity contribution < 1.29 is 14.3 Å². The average molecular weight is 235 g/mol. The molecule has 1 heterocycles. The number of carbonyl (C=O) groups is 2. The highest BCUT2D eigenvalue weighted by atomic mass is 35.5. The fourth-order valence-electron chi connectivity index (χ4n) is 1.55. The Morgan fingerprint density at radius 3 is 2.93 bits per heavy atom. The molecule has 1 rings (SSSR count). The molecule has 86 valence electrons. The molecular weight excluding hydrogens is 220 g/mol. The number of urea groups is 1. The number of piperidine rings is 1. The lowest BCUT2D eigenvalue weighted by molar-refractivity contribution is -0.117. The first-order chi connectivity index (χ1) is 7.17. The molecule has 0 saturated carbocycles. The van der Waals surface area contributed by atoms with Gasteiger partial charge in [-0.2, -0.15) is 0 Å². The number of rotatable bonds is 2. The summed E-state index contributed by atoms with van der Waals surface area (Å²) in [5, 5.41) is 2.20. The van der Waals surface area contributed by atoms with Gasteiger partial charge in [0.05, 0.1) is 6.10 Å². The molecule has 1 aliphatic heterocycles. The Morgan fingerprint density at radius 2 is 2.33 bits per heavy atom. The second-order valence-corrected chi connectivity index (χ2v) is 3.70. The Balaban J connectivity index is 2.41. The van der Waals surface area contributed by atoms with Crippen molar-refractivity contribution in [2.75, 3.05) is 26.1 Å². The van der Waals surface area contributed by atoms with E-state index >= 15 is 0 Å². The zero-order valence-electron chi connectivity index (χ0n) is 8.66. The molecule has 0 aromatic rings. The Kier molecular flexibility index (Phi) is 4.84. The minimum absolute atomic E-state index is 0.0654. The Hall–Kier alpha value is -0.810. The SMILES string of the molecule is COC1CCCN(C(=O)NC(=O)CCl)C1. The number of nitrogens with zero attached hydrogens (tertiary/aromatic N) is 1. The molecule has 1 saturated heterocycles. The van der Waals surface area contributed by atoms with Crippen LogP contribution in [0.4, 0.5) is 4.79 Å². The Morgan fingerprint density at radius 1 is 1.60 bits per heavy atom. The molecule has 1 unspecified atom stereocenters. The summed E-state index contributed by atoms with van der Waals surface area (Å²) in [4.78, 5) is 24.0. The second-order valence-electron chi connectivity index (χ2n) is 3.43. The maximum atomic E-state index is 11.5. The number of halogens is 1. The van der Waals surface area contributed by atoms with Crippen LogP contribution in [0.15, 0.2) is 0 Å². The molecule has 6 heteroatoms. The van der Waals surface area contributed by atoms with Crippen molar-refractivity contribution in [2.24, 2.45) is 0 Å². The molecule has 0 spiro atoms.